The summed E-state index contributed by atoms with van der Waals surface area (Å²) in [6.07, 6.45) is 2.21. The first-order chi connectivity index (χ1) is 9.25. The largest absolute Gasteiger partial charge is 0.333 e. The fourth-order valence-electron chi connectivity index (χ4n) is 2.11. The summed E-state index contributed by atoms with van der Waals surface area (Å²) in [6.45, 7) is 0.695. The fraction of sp³-hybridized carbons (Fsp3) is 0.357. The van der Waals surface area contributed by atoms with Crippen LogP contribution in [0.1, 0.15) is 28.6 Å². The van der Waals surface area contributed by atoms with Crippen LogP contribution in [0.15, 0.2) is 35.0 Å². The Balaban J connectivity index is 1.74. The van der Waals surface area contributed by atoms with Crippen LogP contribution in [-0.4, -0.2) is 16.8 Å². The highest BCUT2D eigenvalue weighted by Crippen LogP contribution is 2.32. The van der Waals surface area contributed by atoms with Crippen molar-refractivity contribution in [3.8, 4) is 0 Å². The molecule has 3 nitrogen and oxygen atoms in total. The first kappa shape index (κ1) is 12.8. The number of rotatable bonds is 5. The second kappa shape index (κ2) is 5.45. The maximum atomic E-state index is 12.6. The molecular weight excluding hydrogens is 276 g/mol. The highest BCUT2D eigenvalue weighted by molar-refractivity contribution is 7.10. The Morgan fingerprint density at radius 1 is 1.32 bits per heavy atom. The van der Waals surface area contributed by atoms with Gasteiger partial charge in [0.2, 0.25) is 5.91 Å². The minimum Gasteiger partial charge on any atom is -0.333 e. The highest BCUT2D eigenvalue weighted by Gasteiger charge is 2.35. The van der Waals surface area contributed by atoms with Gasteiger partial charge in [-0.3, -0.25) is 4.79 Å². The van der Waals surface area contributed by atoms with Crippen molar-refractivity contribution in [2.75, 3.05) is 0 Å². The first-order valence-electron chi connectivity index (χ1n) is 6.37. The summed E-state index contributed by atoms with van der Waals surface area (Å²) in [6, 6.07) is 7.84. The van der Waals surface area contributed by atoms with Crippen molar-refractivity contribution in [3.63, 3.8) is 0 Å². The van der Waals surface area contributed by atoms with Gasteiger partial charge in [-0.1, -0.05) is 12.1 Å². The van der Waals surface area contributed by atoms with Crippen LogP contribution < -0.4 is 5.73 Å². The van der Waals surface area contributed by atoms with Crippen LogP contribution in [0.4, 0.5) is 0 Å². The molecule has 1 aliphatic carbocycles. The monoisotopic (exact) mass is 292 g/mol. The Kier molecular flexibility index (Phi) is 3.68. The molecular formula is C14H16N2OS2. The second-order valence-electron chi connectivity index (χ2n) is 4.77. The molecule has 100 valence electrons. The summed E-state index contributed by atoms with van der Waals surface area (Å²) in [4.78, 5) is 16.7. The molecule has 0 saturated heterocycles. The SMILES string of the molecule is NC(C(=O)N(Cc1cccs1)C1CC1)c1cccs1. The van der Waals surface area contributed by atoms with Gasteiger partial charge in [0.25, 0.3) is 0 Å². The number of carbonyl (C=O) groups is 1. The van der Waals surface area contributed by atoms with Gasteiger partial charge in [0.1, 0.15) is 6.04 Å². The molecule has 0 aromatic carbocycles. The maximum absolute atomic E-state index is 12.6. The topological polar surface area (TPSA) is 46.3 Å². The molecule has 1 fully saturated rings. The van der Waals surface area contributed by atoms with Crippen LogP contribution in [0, 0.1) is 0 Å². The van der Waals surface area contributed by atoms with Crippen molar-refractivity contribution < 1.29 is 4.79 Å². The van der Waals surface area contributed by atoms with E-state index in [2.05, 4.69) is 6.07 Å². The van der Waals surface area contributed by atoms with Crippen molar-refractivity contribution in [1.29, 1.82) is 0 Å². The lowest BCUT2D eigenvalue weighted by Gasteiger charge is -2.24. The van der Waals surface area contributed by atoms with E-state index in [1.807, 2.05) is 33.9 Å². The Morgan fingerprint density at radius 2 is 2.05 bits per heavy atom. The lowest BCUT2D eigenvalue weighted by atomic mass is 10.2. The second-order valence-corrected chi connectivity index (χ2v) is 6.78. The van der Waals surface area contributed by atoms with Crippen LogP contribution in [0.25, 0.3) is 0 Å². The van der Waals surface area contributed by atoms with Crippen molar-refractivity contribution in [1.82, 2.24) is 4.90 Å². The molecule has 1 atom stereocenters. The van der Waals surface area contributed by atoms with E-state index in [0.29, 0.717) is 12.6 Å². The molecule has 3 rings (SSSR count). The molecule has 0 bridgehead atoms. The number of hydrogen-bond donors (Lipinski definition) is 1. The van der Waals surface area contributed by atoms with E-state index < -0.39 is 6.04 Å². The Labute approximate surface area is 120 Å². The van der Waals surface area contributed by atoms with Gasteiger partial charge in [-0.2, -0.15) is 0 Å². The normalized spacial score (nSPS) is 16.3. The van der Waals surface area contributed by atoms with E-state index in [-0.39, 0.29) is 5.91 Å². The van der Waals surface area contributed by atoms with Crippen LogP contribution in [0.2, 0.25) is 0 Å². The Hall–Kier alpha value is -1.17. The average molecular weight is 292 g/mol. The third-order valence-corrected chi connectivity index (χ3v) is 5.11. The van der Waals surface area contributed by atoms with Gasteiger partial charge in [0.15, 0.2) is 0 Å². The Morgan fingerprint density at radius 3 is 2.63 bits per heavy atom. The van der Waals surface area contributed by atoms with Gasteiger partial charge in [-0.25, -0.2) is 0 Å². The van der Waals surface area contributed by atoms with E-state index in [1.165, 1.54) is 4.88 Å². The first-order valence-corrected chi connectivity index (χ1v) is 8.13. The molecule has 2 heterocycles. The van der Waals surface area contributed by atoms with Crippen LogP contribution in [-0.2, 0) is 11.3 Å². The number of thiophene rings is 2. The number of carbonyl (C=O) groups excluding carboxylic acids is 1. The molecule has 1 saturated carbocycles. The van der Waals surface area contributed by atoms with Crippen molar-refractivity contribution in [3.05, 3.63) is 44.8 Å². The lowest BCUT2D eigenvalue weighted by Crippen LogP contribution is -2.39. The molecule has 2 N–H and O–H groups in total. The van der Waals surface area contributed by atoms with E-state index in [9.17, 15) is 4.79 Å². The number of amides is 1. The summed E-state index contributed by atoms with van der Waals surface area (Å²) >= 11 is 3.24. The van der Waals surface area contributed by atoms with Crippen LogP contribution in [0.3, 0.4) is 0 Å². The van der Waals surface area contributed by atoms with E-state index in [4.69, 9.17) is 5.73 Å². The number of hydrogen-bond acceptors (Lipinski definition) is 4. The standard InChI is InChI=1S/C14H16N2OS2/c15-13(12-4-2-8-19-12)14(17)16(10-5-6-10)9-11-3-1-7-18-11/h1-4,7-8,10,13H,5-6,9,15H2. The van der Waals surface area contributed by atoms with Crippen LogP contribution in [0.5, 0.6) is 0 Å². The van der Waals surface area contributed by atoms with E-state index in [1.54, 1.807) is 22.7 Å². The van der Waals surface area contributed by atoms with Gasteiger partial charge in [-0.05, 0) is 35.7 Å². The lowest BCUT2D eigenvalue weighted by molar-refractivity contribution is -0.133. The molecule has 1 unspecified atom stereocenters. The summed E-state index contributed by atoms with van der Waals surface area (Å²) in [5, 5.41) is 4.01. The van der Waals surface area contributed by atoms with E-state index >= 15 is 0 Å². The smallest absolute Gasteiger partial charge is 0.245 e. The minimum absolute atomic E-state index is 0.0540. The average Bonchev–Trinajstić information content (AvgIpc) is 2.94. The zero-order chi connectivity index (χ0) is 13.2. The highest BCUT2D eigenvalue weighted by atomic mass is 32.1. The van der Waals surface area contributed by atoms with Gasteiger partial charge in [0.05, 0.1) is 6.54 Å². The van der Waals surface area contributed by atoms with Crippen LogP contribution >= 0.6 is 22.7 Å². The molecule has 2 aromatic heterocycles. The zero-order valence-electron chi connectivity index (χ0n) is 10.5. The van der Waals surface area contributed by atoms with Crippen molar-refractivity contribution in [2.45, 2.75) is 31.5 Å². The molecule has 5 heteroatoms. The molecule has 0 radical (unpaired) electrons. The maximum Gasteiger partial charge on any atom is 0.245 e. The Bertz CT molecular complexity index is 532. The van der Waals surface area contributed by atoms with Gasteiger partial charge < -0.3 is 10.6 Å². The quantitative estimate of drug-likeness (QED) is 0.921. The van der Waals surface area contributed by atoms with Crippen molar-refractivity contribution in [2.24, 2.45) is 5.73 Å². The molecule has 0 spiro atoms. The van der Waals surface area contributed by atoms with Crippen molar-refractivity contribution >= 4 is 28.6 Å². The van der Waals surface area contributed by atoms with Gasteiger partial charge in [-0.15, -0.1) is 22.7 Å². The zero-order valence-corrected chi connectivity index (χ0v) is 12.1. The molecule has 2 aromatic rings. The molecule has 1 aliphatic rings. The van der Waals surface area contributed by atoms with E-state index in [0.717, 1.165) is 17.7 Å². The fourth-order valence-corrected chi connectivity index (χ4v) is 3.53. The van der Waals surface area contributed by atoms with Gasteiger partial charge in [0, 0.05) is 15.8 Å². The number of nitrogens with zero attached hydrogens (tertiary/aromatic N) is 1. The summed E-state index contributed by atoms with van der Waals surface area (Å²) in [5.74, 6) is 0.0540. The molecule has 1 amide bonds. The third kappa shape index (κ3) is 2.88. The molecule has 0 aliphatic heterocycles. The predicted molar refractivity (Wildman–Crippen MR) is 79.1 cm³/mol. The number of nitrogens with two attached hydrogens (primary N) is 1. The third-order valence-electron chi connectivity index (χ3n) is 3.29. The summed E-state index contributed by atoms with van der Waals surface area (Å²) in [5.41, 5.74) is 6.10. The summed E-state index contributed by atoms with van der Waals surface area (Å²) < 4.78 is 0. The predicted octanol–water partition coefficient (Wildman–Crippen LogP) is 3.00. The molecule has 19 heavy (non-hydrogen) atoms. The summed E-state index contributed by atoms with van der Waals surface area (Å²) in [7, 11) is 0. The van der Waals surface area contributed by atoms with Gasteiger partial charge >= 0.3 is 0 Å². The minimum atomic E-state index is -0.513.